The Morgan fingerprint density at radius 2 is 1.62 bits per heavy atom. The maximum atomic E-state index is 2.64. The summed E-state index contributed by atoms with van der Waals surface area (Å²) in [4.78, 5) is 0. The maximum absolute atomic E-state index is 2.64. The van der Waals surface area contributed by atoms with Crippen molar-refractivity contribution in [2.75, 3.05) is 0 Å². The van der Waals surface area contributed by atoms with Crippen LogP contribution >= 0.6 is 7.92 Å². The SMILES string of the molecule is CCCCC1(P2C(CCC)CCC2CCC)C=CC=CC1. The van der Waals surface area contributed by atoms with Gasteiger partial charge < -0.3 is 0 Å². The predicted molar refractivity (Wildman–Crippen MR) is 98.7 cm³/mol. The highest BCUT2D eigenvalue weighted by Crippen LogP contribution is 2.69. The first kappa shape index (κ1) is 17.3. The van der Waals surface area contributed by atoms with E-state index in [9.17, 15) is 0 Å². The second kappa shape index (κ2) is 8.52. The Labute approximate surface area is 134 Å². The molecule has 0 aromatic rings. The molecule has 1 heteroatoms. The summed E-state index contributed by atoms with van der Waals surface area (Å²) in [5.41, 5.74) is 2.10. The van der Waals surface area contributed by atoms with Gasteiger partial charge in [-0.05, 0) is 49.8 Å². The Hall–Kier alpha value is -0.0900. The van der Waals surface area contributed by atoms with E-state index in [1.165, 1.54) is 64.2 Å². The quantitative estimate of drug-likeness (QED) is 0.422. The van der Waals surface area contributed by atoms with E-state index in [1.54, 1.807) is 0 Å². The van der Waals surface area contributed by atoms with Crippen molar-refractivity contribution in [1.82, 2.24) is 0 Å². The van der Waals surface area contributed by atoms with Gasteiger partial charge in [0.15, 0.2) is 0 Å². The van der Waals surface area contributed by atoms with Gasteiger partial charge in [0.1, 0.15) is 0 Å². The minimum absolute atomic E-state index is 0.164. The van der Waals surface area contributed by atoms with Crippen molar-refractivity contribution in [2.24, 2.45) is 0 Å². The van der Waals surface area contributed by atoms with Crippen molar-refractivity contribution >= 4 is 7.92 Å². The number of hydrogen-bond acceptors (Lipinski definition) is 0. The summed E-state index contributed by atoms with van der Waals surface area (Å²) in [6.07, 6.45) is 24.1. The molecule has 120 valence electrons. The fourth-order valence-electron chi connectivity index (χ4n) is 4.56. The molecule has 1 saturated heterocycles. The highest BCUT2D eigenvalue weighted by Gasteiger charge is 2.46. The standard InChI is InChI=1S/C20H35P/c1-4-7-15-20(16-9-8-10-17-20)21-18(11-5-2)13-14-19(21)12-6-3/h8-10,16,18-19H,4-7,11-15,17H2,1-3H3. The fourth-order valence-corrected chi connectivity index (χ4v) is 9.53. The fraction of sp³-hybridized carbons (Fsp3) is 0.800. The smallest absolute Gasteiger partial charge is 0.0126 e. The lowest BCUT2D eigenvalue weighted by atomic mass is 9.94. The minimum atomic E-state index is 0.164. The Morgan fingerprint density at radius 3 is 2.10 bits per heavy atom. The van der Waals surface area contributed by atoms with Crippen LogP contribution in [-0.2, 0) is 0 Å². The molecule has 3 unspecified atom stereocenters. The largest absolute Gasteiger partial charge is 0.0897 e. The summed E-state index contributed by atoms with van der Waals surface area (Å²) in [5, 5.41) is 0.552. The molecule has 1 fully saturated rings. The summed E-state index contributed by atoms with van der Waals surface area (Å²) in [6, 6.07) is 0. The van der Waals surface area contributed by atoms with E-state index < -0.39 is 0 Å². The molecular weight excluding hydrogens is 271 g/mol. The van der Waals surface area contributed by atoms with Gasteiger partial charge in [0.05, 0.1) is 0 Å². The molecule has 0 bridgehead atoms. The molecule has 0 aromatic carbocycles. The molecule has 0 radical (unpaired) electrons. The van der Waals surface area contributed by atoms with Crippen LogP contribution in [0.3, 0.4) is 0 Å². The van der Waals surface area contributed by atoms with Gasteiger partial charge in [-0.2, -0.15) is 0 Å². The maximum Gasteiger partial charge on any atom is 0.0126 e. The topological polar surface area (TPSA) is 0 Å². The lowest BCUT2D eigenvalue weighted by Crippen LogP contribution is -2.30. The molecule has 2 rings (SSSR count). The van der Waals surface area contributed by atoms with Gasteiger partial charge in [-0.3, -0.25) is 0 Å². The van der Waals surface area contributed by atoms with Crippen molar-refractivity contribution in [3.63, 3.8) is 0 Å². The lowest BCUT2D eigenvalue weighted by Gasteiger charge is -2.44. The van der Waals surface area contributed by atoms with E-state index >= 15 is 0 Å². The van der Waals surface area contributed by atoms with Crippen LogP contribution in [0.15, 0.2) is 24.3 Å². The Balaban J connectivity index is 2.24. The van der Waals surface area contributed by atoms with Gasteiger partial charge in [-0.25, -0.2) is 0 Å². The number of allylic oxidation sites excluding steroid dienone is 4. The van der Waals surface area contributed by atoms with Crippen molar-refractivity contribution in [3.05, 3.63) is 24.3 Å². The van der Waals surface area contributed by atoms with E-state index in [-0.39, 0.29) is 7.92 Å². The average Bonchev–Trinajstić information content (AvgIpc) is 2.90. The molecular formula is C20H35P. The van der Waals surface area contributed by atoms with Gasteiger partial charge >= 0.3 is 0 Å². The van der Waals surface area contributed by atoms with E-state index in [0.717, 1.165) is 11.3 Å². The molecule has 1 heterocycles. The molecule has 0 spiro atoms. The Bertz CT molecular complexity index is 343. The third-order valence-corrected chi connectivity index (χ3v) is 9.66. The zero-order valence-electron chi connectivity index (χ0n) is 14.5. The Morgan fingerprint density at radius 1 is 0.952 bits per heavy atom. The van der Waals surface area contributed by atoms with Crippen LogP contribution in [0.5, 0.6) is 0 Å². The first-order chi connectivity index (χ1) is 10.3. The van der Waals surface area contributed by atoms with Crippen LogP contribution in [0.1, 0.15) is 85.0 Å². The molecule has 3 atom stereocenters. The molecule has 0 nitrogen and oxygen atoms in total. The highest BCUT2D eigenvalue weighted by molar-refractivity contribution is 7.61. The van der Waals surface area contributed by atoms with Crippen LogP contribution in [0.25, 0.3) is 0 Å². The zero-order valence-corrected chi connectivity index (χ0v) is 15.4. The number of rotatable bonds is 8. The molecule has 0 amide bonds. The first-order valence-corrected chi connectivity index (χ1v) is 10.9. The van der Waals surface area contributed by atoms with Crippen molar-refractivity contribution in [3.8, 4) is 0 Å². The summed E-state index contributed by atoms with van der Waals surface area (Å²) in [5.74, 6) is 0. The van der Waals surface area contributed by atoms with E-state index in [2.05, 4.69) is 45.1 Å². The normalized spacial score (nSPS) is 35.5. The number of hydrogen-bond donors (Lipinski definition) is 0. The molecule has 0 saturated carbocycles. The van der Waals surface area contributed by atoms with E-state index in [4.69, 9.17) is 0 Å². The van der Waals surface area contributed by atoms with Crippen LogP contribution < -0.4 is 0 Å². The van der Waals surface area contributed by atoms with Crippen LogP contribution in [0.2, 0.25) is 0 Å². The first-order valence-electron chi connectivity index (χ1n) is 9.40. The predicted octanol–water partition coefficient (Wildman–Crippen LogP) is 7.04. The van der Waals surface area contributed by atoms with Crippen LogP contribution in [0.4, 0.5) is 0 Å². The third-order valence-electron chi connectivity index (χ3n) is 5.47. The molecule has 1 aliphatic carbocycles. The summed E-state index contributed by atoms with van der Waals surface area (Å²) >= 11 is 0. The number of unbranched alkanes of at least 4 members (excludes halogenated alkanes) is 1. The molecule has 21 heavy (non-hydrogen) atoms. The Kier molecular flexibility index (Phi) is 7.00. The third kappa shape index (κ3) is 4.01. The van der Waals surface area contributed by atoms with Gasteiger partial charge in [0, 0.05) is 5.16 Å². The van der Waals surface area contributed by atoms with E-state index in [1.807, 2.05) is 0 Å². The van der Waals surface area contributed by atoms with Crippen LogP contribution in [-0.4, -0.2) is 16.5 Å². The van der Waals surface area contributed by atoms with Crippen LogP contribution in [0, 0.1) is 0 Å². The molecule has 0 aromatic heterocycles. The van der Waals surface area contributed by atoms with Gasteiger partial charge in [0.2, 0.25) is 0 Å². The summed E-state index contributed by atoms with van der Waals surface area (Å²) in [6.45, 7) is 7.12. The van der Waals surface area contributed by atoms with E-state index in [0.29, 0.717) is 5.16 Å². The summed E-state index contributed by atoms with van der Waals surface area (Å²) < 4.78 is 0. The van der Waals surface area contributed by atoms with Gasteiger partial charge in [0.25, 0.3) is 0 Å². The zero-order chi connectivity index (χ0) is 15.1. The average molecular weight is 306 g/mol. The van der Waals surface area contributed by atoms with Crippen molar-refractivity contribution in [1.29, 1.82) is 0 Å². The molecule has 1 aliphatic heterocycles. The van der Waals surface area contributed by atoms with Gasteiger partial charge in [-0.15, -0.1) is 0 Å². The monoisotopic (exact) mass is 306 g/mol. The summed E-state index contributed by atoms with van der Waals surface area (Å²) in [7, 11) is 0.164. The molecule has 2 aliphatic rings. The second-order valence-electron chi connectivity index (χ2n) is 7.07. The van der Waals surface area contributed by atoms with Crippen molar-refractivity contribution in [2.45, 2.75) is 101 Å². The second-order valence-corrected chi connectivity index (χ2v) is 10.2. The van der Waals surface area contributed by atoms with Crippen molar-refractivity contribution < 1.29 is 0 Å². The highest BCUT2D eigenvalue weighted by atomic mass is 31.1. The lowest BCUT2D eigenvalue weighted by molar-refractivity contribution is 0.578. The molecule has 0 N–H and O–H groups in total. The minimum Gasteiger partial charge on any atom is -0.0897 e. The van der Waals surface area contributed by atoms with Gasteiger partial charge in [-0.1, -0.05) is 78.7 Å².